The minimum atomic E-state index is 0.0714. The average molecular weight is 119 g/mol. The smallest absolute Gasteiger partial charge is 0.0673 e. The molecule has 8 heavy (non-hydrogen) atoms. The van der Waals surface area contributed by atoms with Crippen LogP contribution in [0.25, 0.3) is 0 Å². The third-order valence-corrected chi connectivity index (χ3v) is 0.812. The van der Waals surface area contributed by atoms with Crippen LogP contribution in [0.15, 0.2) is 0 Å². The van der Waals surface area contributed by atoms with Gasteiger partial charge in [-0.05, 0) is 6.92 Å². The summed E-state index contributed by atoms with van der Waals surface area (Å²) in [6.45, 7) is 2.59. The van der Waals surface area contributed by atoms with Gasteiger partial charge in [0.15, 0.2) is 0 Å². The van der Waals surface area contributed by atoms with Crippen LogP contribution in [0.2, 0.25) is 0 Å². The zero-order valence-electron chi connectivity index (χ0n) is 5.02. The monoisotopic (exact) mass is 119 g/mol. The Labute approximate surface area is 49.0 Å². The molecule has 0 aromatic rings. The van der Waals surface area contributed by atoms with Gasteiger partial charge in [0.05, 0.1) is 12.8 Å². The van der Waals surface area contributed by atoms with E-state index in [2.05, 4.69) is 10.7 Å². The molecule has 4 heteroatoms. The van der Waals surface area contributed by atoms with Gasteiger partial charge < -0.3 is 5.11 Å². The molecule has 0 radical (unpaired) electrons. The number of aliphatic hydroxyl groups excluding tert-OH is 1. The SMILES string of the molecule is CC(NN)NCCO. The zero-order chi connectivity index (χ0) is 6.41. The standard InChI is InChI=1S/C4H13N3O/c1-4(7-5)6-2-3-8/h4,6-8H,2-3,5H2,1H3. The van der Waals surface area contributed by atoms with Crippen molar-refractivity contribution < 1.29 is 5.11 Å². The van der Waals surface area contributed by atoms with Crippen LogP contribution in [-0.2, 0) is 0 Å². The van der Waals surface area contributed by atoms with Crippen LogP contribution in [0, 0.1) is 0 Å². The van der Waals surface area contributed by atoms with E-state index >= 15 is 0 Å². The normalized spacial score (nSPS) is 13.9. The third kappa shape index (κ3) is 4.01. The predicted molar refractivity (Wildman–Crippen MR) is 31.9 cm³/mol. The minimum Gasteiger partial charge on any atom is -0.395 e. The molecule has 0 aliphatic heterocycles. The third-order valence-electron chi connectivity index (χ3n) is 0.812. The van der Waals surface area contributed by atoms with Gasteiger partial charge in [-0.25, -0.2) is 5.43 Å². The van der Waals surface area contributed by atoms with Gasteiger partial charge in [-0.15, -0.1) is 0 Å². The summed E-state index contributed by atoms with van der Waals surface area (Å²) in [6.07, 6.45) is 0.0714. The molecule has 0 aliphatic rings. The van der Waals surface area contributed by atoms with Crippen LogP contribution in [0.4, 0.5) is 0 Å². The van der Waals surface area contributed by atoms with Gasteiger partial charge in [0.25, 0.3) is 0 Å². The number of hydrogen-bond acceptors (Lipinski definition) is 4. The van der Waals surface area contributed by atoms with Gasteiger partial charge in [-0.3, -0.25) is 11.2 Å². The molecule has 0 rings (SSSR count). The molecule has 0 amide bonds. The Morgan fingerprint density at radius 3 is 2.75 bits per heavy atom. The Hall–Kier alpha value is -0.160. The maximum absolute atomic E-state index is 8.28. The molecule has 1 atom stereocenters. The summed E-state index contributed by atoms with van der Waals surface area (Å²) in [5, 5.41) is 11.2. The van der Waals surface area contributed by atoms with Crippen molar-refractivity contribution in [3.05, 3.63) is 0 Å². The van der Waals surface area contributed by atoms with Gasteiger partial charge in [-0.1, -0.05) is 0 Å². The molecule has 0 fully saturated rings. The molecule has 0 aromatic heterocycles. The number of nitrogens with two attached hydrogens (primary N) is 1. The van der Waals surface area contributed by atoms with E-state index in [0.29, 0.717) is 6.54 Å². The second kappa shape index (κ2) is 4.99. The number of hydrogen-bond donors (Lipinski definition) is 4. The summed E-state index contributed by atoms with van der Waals surface area (Å²) >= 11 is 0. The first kappa shape index (κ1) is 7.84. The number of aliphatic hydroxyl groups is 1. The molecule has 0 bridgehead atoms. The van der Waals surface area contributed by atoms with Crippen molar-refractivity contribution in [1.29, 1.82) is 0 Å². The fourth-order valence-electron chi connectivity index (χ4n) is 0.340. The number of nitrogens with one attached hydrogen (secondary N) is 2. The van der Waals surface area contributed by atoms with Gasteiger partial charge in [0.1, 0.15) is 0 Å². The van der Waals surface area contributed by atoms with Crippen molar-refractivity contribution >= 4 is 0 Å². The minimum absolute atomic E-state index is 0.0714. The van der Waals surface area contributed by atoms with Crippen LogP contribution >= 0.6 is 0 Å². The van der Waals surface area contributed by atoms with Crippen LogP contribution in [0.1, 0.15) is 6.92 Å². The first-order valence-corrected chi connectivity index (χ1v) is 2.61. The second-order valence-corrected chi connectivity index (χ2v) is 1.57. The van der Waals surface area contributed by atoms with Crippen molar-refractivity contribution in [2.45, 2.75) is 13.1 Å². The maximum atomic E-state index is 8.28. The van der Waals surface area contributed by atoms with Crippen molar-refractivity contribution in [1.82, 2.24) is 10.7 Å². The Morgan fingerprint density at radius 2 is 2.38 bits per heavy atom. The van der Waals surface area contributed by atoms with Crippen LogP contribution in [0.3, 0.4) is 0 Å². The number of rotatable bonds is 4. The molecular weight excluding hydrogens is 106 g/mol. The molecule has 0 heterocycles. The van der Waals surface area contributed by atoms with Crippen molar-refractivity contribution in [3.63, 3.8) is 0 Å². The molecule has 5 N–H and O–H groups in total. The highest BCUT2D eigenvalue weighted by Crippen LogP contribution is 1.65. The van der Waals surface area contributed by atoms with E-state index in [0.717, 1.165) is 0 Å². The lowest BCUT2D eigenvalue weighted by molar-refractivity contribution is 0.280. The van der Waals surface area contributed by atoms with Gasteiger partial charge in [0.2, 0.25) is 0 Å². The van der Waals surface area contributed by atoms with E-state index in [1.54, 1.807) is 0 Å². The van der Waals surface area contributed by atoms with Crippen molar-refractivity contribution in [2.24, 2.45) is 5.84 Å². The Bertz CT molecular complexity index is 50.5. The fraction of sp³-hybridized carbons (Fsp3) is 1.00. The summed E-state index contributed by atoms with van der Waals surface area (Å²) in [6, 6.07) is 0. The molecule has 50 valence electrons. The van der Waals surface area contributed by atoms with Crippen LogP contribution in [0.5, 0.6) is 0 Å². The molecule has 0 spiro atoms. The summed E-state index contributed by atoms with van der Waals surface area (Å²) in [7, 11) is 0. The fourth-order valence-corrected chi connectivity index (χ4v) is 0.340. The maximum Gasteiger partial charge on any atom is 0.0673 e. The van der Waals surface area contributed by atoms with Gasteiger partial charge in [0, 0.05) is 6.54 Å². The molecule has 0 saturated carbocycles. The van der Waals surface area contributed by atoms with E-state index in [4.69, 9.17) is 10.9 Å². The molecular formula is C4H13N3O. The van der Waals surface area contributed by atoms with Gasteiger partial charge >= 0.3 is 0 Å². The van der Waals surface area contributed by atoms with Crippen LogP contribution in [-0.4, -0.2) is 24.4 Å². The Balaban J connectivity index is 2.86. The van der Waals surface area contributed by atoms with E-state index < -0.39 is 0 Å². The topological polar surface area (TPSA) is 70.3 Å². The Morgan fingerprint density at radius 1 is 1.75 bits per heavy atom. The lowest BCUT2D eigenvalue weighted by Gasteiger charge is -2.09. The summed E-state index contributed by atoms with van der Waals surface area (Å²) in [4.78, 5) is 0. The van der Waals surface area contributed by atoms with Gasteiger partial charge in [-0.2, -0.15) is 0 Å². The van der Waals surface area contributed by atoms with Crippen molar-refractivity contribution in [3.8, 4) is 0 Å². The van der Waals surface area contributed by atoms with E-state index in [1.807, 2.05) is 6.92 Å². The zero-order valence-corrected chi connectivity index (χ0v) is 5.02. The molecule has 1 unspecified atom stereocenters. The van der Waals surface area contributed by atoms with E-state index in [1.165, 1.54) is 0 Å². The summed E-state index contributed by atoms with van der Waals surface area (Å²) < 4.78 is 0. The molecule has 4 nitrogen and oxygen atoms in total. The first-order valence-electron chi connectivity index (χ1n) is 2.61. The quantitative estimate of drug-likeness (QED) is 0.204. The summed E-state index contributed by atoms with van der Waals surface area (Å²) in [5.41, 5.74) is 2.48. The average Bonchev–Trinajstić information content (AvgIpc) is 1.83. The summed E-state index contributed by atoms with van der Waals surface area (Å²) in [5.74, 6) is 5.02. The molecule has 0 aromatic carbocycles. The lowest BCUT2D eigenvalue weighted by atomic mass is 10.5. The van der Waals surface area contributed by atoms with Crippen LogP contribution < -0.4 is 16.6 Å². The molecule has 0 saturated heterocycles. The predicted octanol–water partition coefficient (Wildman–Crippen LogP) is -1.62. The second-order valence-electron chi connectivity index (χ2n) is 1.57. The highest BCUT2D eigenvalue weighted by Gasteiger charge is 1.91. The molecule has 0 aliphatic carbocycles. The Kier molecular flexibility index (Phi) is 4.89. The first-order chi connectivity index (χ1) is 3.81. The lowest BCUT2D eigenvalue weighted by Crippen LogP contribution is -2.44. The highest BCUT2D eigenvalue weighted by atomic mass is 16.3. The number of hydrazine groups is 1. The largest absolute Gasteiger partial charge is 0.395 e. The van der Waals surface area contributed by atoms with E-state index in [-0.39, 0.29) is 12.8 Å². The van der Waals surface area contributed by atoms with E-state index in [9.17, 15) is 0 Å². The highest BCUT2D eigenvalue weighted by molar-refractivity contribution is 4.50. The van der Waals surface area contributed by atoms with Crippen molar-refractivity contribution in [2.75, 3.05) is 13.2 Å².